The van der Waals surface area contributed by atoms with E-state index in [1.54, 1.807) is 12.1 Å². The number of benzene rings is 1. The highest BCUT2D eigenvalue weighted by molar-refractivity contribution is 6.48. The van der Waals surface area contributed by atoms with Crippen molar-refractivity contribution in [3.05, 3.63) is 39.4 Å². The first-order chi connectivity index (χ1) is 9.68. The molecule has 6 heteroatoms. The number of nitrogens with zero attached hydrogens (tertiary/aromatic N) is 1. The first-order valence-corrected chi connectivity index (χ1v) is 9.87. The number of para-hydroxylation sites is 1. The van der Waals surface area contributed by atoms with Crippen LogP contribution >= 0.6 is 0 Å². The Labute approximate surface area is 128 Å². The lowest BCUT2D eigenvalue weighted by atomic mass is 9.83. The van der Waals surface area contributed by atoms with Crippen LogP contribution < -0.4 is 0 Å². The Morgan fingerprint density at radius 2 is 1.95 bits per heavy atom. The van der Waals surface area contributed by atoms with Crippen LogP contribution in [0.1, 0.15) is 38.0 Å². The van der Waals surface area contributed by atoms with Crippen LogP contribution in [0, 0.1) is 15.5 Å². The standard InChI is InChI=1S/C15H25NO4Si/c1-15(2,3)14(20-21(5)6)12-9-7-8-11(10-19-4)13(12)16(17)18/h7-9,14,21H,10H2,1-6H3. The molecule has 0 aliphatic carbocycles. The molecule has 1 atom stereocenters. The van der Waals surface area contributed by atoms with Crippen LogP contribution in [0.4, 0.5) is 5.69 Å². The van der Waals surface area contributed by atoms with E-state index in [9.17, 15) is 10.1 Å². The molecule has 1 rings (SSSR count). The van der Waals surface area contributed by atoms with Gasteiger partial charge in [-0.25, -0.2) is 0 Å². The Kier molecular flexibility index (Phi) is 6.06. The predicted octanol–water partition coefficient (Wildman–Crippen LogP) is 3.83. The molecule has 0 saturated heterocycles. The van der Waals surface area contributed by atoms with E-state index in [0.717, 1.165) is 0 Å². The van der Waals surface area contributed by atoms with Gasteiger partial charge in [0.15, 0.2) is 9.04 Å². The molecule has 0 saturated carbocycles. The minimum Gasteiger partial charge on any atom is -0.413 e. The highest BCUT2D eigenvalue weighted by Crippen LogP contribution is 2.41. The zero-order valence-electron chi connectivity index (χ0n) is 13.7. The van der Waals surface area contributed by atoms with E-state index in [-0.39, 0.29) is 28.7 Å². The zero-order chi connectivity index (χ0) is 16.2. The molecule has 0 amide bonds. The lowest BCUT2D eigenvalue weighted by Crippen LogP contribution is -2.26. The molecule has 0 bridgehead atoms. The van der Waals surface area contributed by atoms with Crippen molar-refractivity contribution in [2.45, 2.75) is 46.6 Å². The molecule has 0 spiro atoms. The van der Waals surface area contributed by atoms with Gasteiger partial charge in [-0.3, -0.25) is 10.1 Å². The van der Waals surface area contributed by atoms with Gasteiger partial charge in [-0.05, 0) is 30.6 Å². The summed E-state index contributed by atoms with van der Waals surface area (Å²) in [6, 6.07) is 5.36. The van der Waals surface area contributed by atoms with E-state index in [4.69, 9.17) is 9.16 Å². The molecule has 0 aliphatic heterocycles. The highest BCUT2D eigenvalue weighted by Gasteiger charge is 2.34. The molecular weight excluding hydrogens is 286 g/mol. The number of methoxy groups -OCH3 is 1. The van der Waals surface area contributed by atoms with E-state index in [1.165, 1.54) is 7.11 Å². The van der Waals surface area contributed by atoms with Gasteiger partial charge >= 0.3 is 0 Å². The Balaban J connectivity index is 3.43. The minimum atomic E-state index is -1.34. The fourth-order valence-corrected chi connectivity index (χ4v) is 3.43. The van der Waals surface area contributed by atoms with Crippen molar-refractivity contribution in [1.29, 1.82) is 0 Å². The van der Waals surface area contributed by atoms with Crippen LogP contribution in [-0.2, 0) is 15.8 Å². The molecule has 0 aromatic heterocycles. The Morgan fingerprint density at radius 1 is 1.33 bits per heavy atom. The summed E-state index contributed by atoms with van der Waals surface area (Å²) in [5.74, 6) is 0. The lowest BCUT2D eigenvalue weighted by molar-refractivity contribution is -0.387. The molecule has 0 N–H and O–H groups in total. The molecule has 0 heterocycles. The first-order valence-electron chi connectivity index (χ1n) is 7.09. The molecular formula is C15H25NO4Si. The summed E-state index contributed by atoms with van der Waals surface area (Å²) in [6.07, 6.45) is -0.290. The number of hydrogen-bond donors (Lipinski definition) is 0. The summed E-state index contributed by atoms with van der Waals surface area (Å²) in [5, 5.41) is 11.5. The Hall–Kier alpha value is -1.24. The van der Waals surface area contributed by atoms with Gasteiger partial charge in [-0.2, -0.15) is 0 Å². The fourth-order valence-electron chi connectivity index (χ4n) is 2.33. The van der Waals surface area contributed by atoms with Gasteiger partial charge in [0.2, 0.25) is 0 Å². The molecule has 1 unspecified atom stereocenters. The van der Waals surface area contributed by atoms with Crippen molar-refractivity contribution < 1.29 is 14.1 Å². The van der Waals surface area contributed by atoms with Crippen molar-refractivity contribution in [3.8, 4) is 0 Å². The summed E-state index contributed by atoms with van der Waals surface area (Å²) < 4.78 is 11.2. The van der Waals surface area contributed by atoms with Gasteiger partial charge in [0.25, 0.3) is 5.69 Å². The topological polar surface area (TPSA) is 61.6 Å². The second kappa shape index (κ2) is 7.15. The van der Waals surface area contributed by atoms with E-state index in [2.05, 4.69) is 13.1 Å². The third kappa shape index (κ3) is 4.62. The highest BCUT2D eigenvalue weighted by atomic mass is 28.3. The third-order valence-electron chi connectivity index (χ3n) is 3.11. The molecule has 0 aliphatic rings. The van der Waals surface area contributed by atoms with E-state index in [1.807, 2.05) is 26.8 Å². The first kappa shape index (κ1) is 17.8. The molecule has 1 aromatic carbocycles. The average Bonchev–Trinajstić information content (AvgIpc) is 2.34. The number of ether oxygens (including phenoxy) is 1. The summed E-state index contributed by atoms with van der Waals surface area (Å²) in [7, 11) is 0.201. The molecule has 21 heavy (non-hydrogen) atoms. The minimum absolute atomic E-state index is 0.119. The van der Waals surface area contributed by atoms with E-state index in [0.29, 0.717) is 11.1 Å². The van der Waals surface area contributed by atoms with Gasteiger partial charge in [-0.1, -0.05) is 26.8 Å². The number of hydrogen-bond acceptors (Lipinski definition) is 4. The molecule has 118 valence electrons. The maximum Gasteiger partial charge on any atom is 0.280 e. The quantitative estimate of drug-likeness (QED) is 0.455. The number of rotatable bonds is 6. The second-order valence-electron chi connectivity index (χ2n) is 6.48. The van der Waals surface area contributed by atoms with Gasteiger partial charge < -0.3 is 9.16 Å². The van der Waals surface area contributed by atoms with Crippen molar-refractivity contribution in [2.75, 3.05) is 7.11 Å². The molecule has 0 fully saturated rings. The van der Waals surface area contributed by atoms with E-state index < -0.39 is 9.04 Å². The van der Waals surface area contributed by atoms with Gasteiger partial charge in [0.05, 0.1) is 28.8 Å². The third-order valence-corrected chi connectivity index (χ3v) is 3.93. The summed E-state index contributed by atoms with van der Waals surface area (Å²) in [5.41, 5.74) is 1.13. The number of nitro groups is 1. The van der Waals surface area contributed by atoms with Crippen molar-refractivity contribution in [3.63, 3.8) is 0 Å². The Bertz CT molecular complexity index is 497. The fraction of sp³-hybridized carbons (Fsp3) is 0.600. The van der Waals surface area contributed by atoms with E-state index >= 15 is 0 Å². The zero-order valence-corrected chi connectivity index (χ0v) is 14.8. The number of nitro benzene ring substituents is 1. The maximum absolute atomic E-state index is 11.5. The van der Waals surface area contributed by atoms with Crippen LogP contribution in [-0.4, -0.2) is 21.1 Å². The van der Waals surface area contributed by atoms with Crippen molar-refractivity contribution >= 4 is 14.7 Å². The smallest absolute Gasteiger partial charge is 0.280 e. The summed E-state index contributed by atoms with van der Waals surface area (Å²) in [6.45, 7) is 10.5. The van der Waals surface area contributed by atoms with Gasteiger partial charge in [0.1, 0.15) is 0 Å². The normalized spacial score (nSPS) is 13.5. The van der Waals surface area contributed by atoms with Crippen molar-refractivity contribution in [2.24, 2.45) is 5.41 Å². The second-order valence-corrected chi connectivity index (χ2v) is 8.85. The lowest BCUT2D eigenvalue weighted by Gasteiger charge is -2.33. The van der Waals surface area contributed by atoms with Gasteiger partial charge in [0, 0.05) is 7.11 Å². The summed E-state index contributed by atoms with van der Waals surface area (Å²) in [4.78, 5) is 11.2. The SMILES string of the molecule is COCc1cccc(C(O[SiH](C)C)C(C)(C)C)c1[N+](=O)[O-]. The van der Waals surface area contributed by atoms with Gasteiger partial charge in [-0.15, -0.1) is 0 Å². The van der Waals surface area contributed by atoms with Crippen LogP contribution in [0.3, 0.4) is 0 Å². The van der Waals surface area contributed by atoms with Crippen LogP contribution in [0.25, 0.3) is 0 Å². The largest absolute Gasteiger partial charge is 0.413 e. The molecule has 5 nitrogen and oxygen atoms in total. The average molecular weight is 311 g/mol. The predicted molar refractivity (Wildman–Crippen MR) is 86.0 cm³/mol. The van der Waals surface area contributed by atoms with Crippen molar-refractivity contribution in [1.82, 2.24) is 0 Å². The van der Waals surface area contributed by atoms with Crippen LogP contribution in [0.5, 0.6) is 0 Å². The molecule has 0 radical (unpaired) electrons. The van der Waals surface area contributed by atoms with Crippen LogP contribution in [0.15, 0.2) is 18.2 Å². The summed E-state index contributed by atoms with van der Waals surface area (Å²) >= 11 is 0. The van der Waals surface area contributed by atoms with Crippen LogP contribution in [0.2, 0.25) is 13.1 Å². The Morgan fingerprint density at radius 3 is 2.38 bits per heavy atom. The maximum atomic E-state index is 11.5. The molecule has 1 aromatic rings. The monoisotopic (exact) mass is 311 g/mol.